The number of carbonyl (C=O) groups excluding carboxylic acids is 1. The van der Waals surface area contributed by atoms with Crippen molar-refractivity contribution in [3.05, 3.63) is 16.1 Å². The zero-order valence-corrected chi connectivity index (χ0v) is 13.0. The van der Waals surface area contributed by atoms with Crippen LogP contribution in [0.1, 0.15) is 41.0 Å². The summed E-state index contributed by atoms with van der Waals surface area (Å²) in [5.74, 6) is -0.0641. The van der Waals surface area contributed by atoms with Gasteiger partial charge in [0.2, 0.25) is 0 Å². The summed E-state index contributed by atoms with van der Waals surface area (Å²) in [6, 6.07) is -0.198. The molecule has 1 fully saturated rings. The highest BCUT2D eigenvalue weighted by Crippen LogP contribution is 2.26. The first-order chi connectivity index (χ1) is 9.56. The summed E-state index contributed by atoms with van der Waals surface area (Å²) >= 11 is 1.35. The van der Waals surface area contributed by atoms with E-state index in [1.54, 1.807) is 24.6 Å². The van der Waals surface area contributed by atoms with E-state index in [9.17, 15) is 9.90 Å². The third kappa shape index (κ3) is 3.02. The Balaban J connectivity index is 2.16. The van der Waals surface area contributed by atoms with E-state index in [0.717, 1.165) is 31.4 Å². The molecule has 1 aliphatic carbocycles. The van der Waals surface area contributed by atoms with Gasteiger partial charge < -0.3 is 14.7 Å². The Labute approximate surface area is 123 Å². The number of aromatic nitrogens is 1. The van der Waals surface area contributed by atoms with Crippen LogP contribution in [0.25, 0.3) is 0 Å². The van der Waals surface area contributed by atoms with Gasteiger partial charge in [-0.25, -0.2) is 4.98 Å². The van der Waals surface area contributed by atoms with Crippen molar-refractivity contribution in [2.75, 3.05) is 14.2 Å². The fourth-order valence-corrected chi connectivity index (χ4v) is 3.57. The molecule has 1 amide bonds. The van der Waals surface area contributed by atoms with Crippen LogP contribution in [0, 0.1) is 6.92 Å². The fourth-order valence-electron chi connectivity index (χ4n) is 2.79. The third-order valence-electron chi connectivity index (χ3n) is 4.07. The second-order valence-corrected chi connectivity index (χ2v) is 6.15. The highest BCUT2D eigenvalue weighted by atomic mass is 32.1. The maximum atomic E-state index is 12.5. The summed E-state index contributed by atoms with van der Waals surface area (Å²) in [6.07, 6.45) is 2.84. The smallest absolute Gasteiger partial charge is 0.265 e. The number of nitrogens with zero attached hydrogens (tertiary/aromatic N) is 2. The number of hydrogen-bond acceptors (Lipinski definition) is 5. The van der Waals surface area contributed by atoms with Crippen LogP contribution in [0.4, 0.5) is 0 Å². The second kappa shape index (κ2) is 6.65. The van der Waals surface area contributed by atoms with Crippen LogP contribution < -0.4 is 0 Å². The van der Waals surface area contributed by atoms with E-state index in [1.807, 2.05) is 6.92 Å². The molecule has 6 heteroatoms. The molecule has 1 aromatic rings. The van der Waals surface area contributed by atoms with Crippen molar-refractivity contribution < 1.29 is 14.6 Å². The summed E-state index contributed by atoms with van der Waals surface area (Å²) in [4.78, 5) is 18.9. The largest absolute Gasteiger partial charge is 0.388 e. The quantitative estimate of drug-likeness (QED) is 0.865. The minimum absolute atomic E-state index is 0.0641. The van der Waals surface area contributed by atoms with E-state index >= 15 is 0 Å². The lowest BCUT2D eigenvalue weighted by Crippen LogP contribution is -2.48. The van der Waals surface area contributed by atoms with Gasteiger partial charge in [-0.3, -0.25) is 4.79 Å². The van der Waals surface area contributed by atoms with Gasteiger partial charge in [0.1, 0.15) is 11.0 Å². The predicted octanol–water partition coefficient (Wildman–Crippen LogP) is 1.84. The zero-order valence-electron chi connectivity index (χ0n) is 12.2. The van der Waals surface area contributed by atoms with E-state index in [1.165, 1.54) is 11.3 Å². The first-order valence-electron chi connectivity index (χ1n) is 6.94. The van der Waals surface area contributed by atoms with Crippen LogP contribution in [0.2, 0.25) is 0 Å². The number of carbonyl (C=O) groups is 1. The molecular weight excluding hydrogens is 276 g/mol. The monoisotopic (exact) mass is 298 g/mol. The number of aliphatic hydroxyl groups excluding tert-OH is 1. The molecule has 0 bridgehead atoms. The number of amides is 1. The highest BCUT2D eigenvalue weighted by molar-refractivity contribution is 7.11. The molecule has 20 heavy (non-hydrogen) atoms. The Bertz CT molecular complexity index is 463. The van der Waals surface area contributed by atoms with Crippen LogP contribution in [0.15, 0.2) is 5.51 Å². The number of rotatable bonds is 3. The van der Waals surface area contributed by atoms with E-state index in [0.29, 0.717) is 4.88 Å². The molecule has 5 nitrogen and oxygen atoms in total. The van der Waals surface area contributed by atoms with Gasteiger partial charge in [0.05, 0.1) is 23.4 Å². The number of hydrogen-bond donors (Lipinski definition) is 1. The van der Waals surface area contributed by atoms with Crippen molar-refractivity contribution in [3.63, 3.8) is 0 Å². The normalized spacial score (nSPS) is 27.1. The number of aryl methyl sites for hydroxylation is 1. The molecular formula is C14H22N2O3S. The summed E-state index contributed by atoms with van der Waals surface area (Å²) in [5.41, 5.74) is 2.43. The van der Waals surface area contributed by atoms with Crippen molar-refractivity contribution in [2.45, 2.75) is 50.9 Å². The first kappa shape index (κ1) is 15.4. The maximum absolute atomic E-state index is 12.5. The molecule has 2 rings (SSSR count). The lowest BCUT2D eigenvalue weighted by Gasteiger charge is -2.33. The molecule has 1 aromatic heterocycles. The van der Waals surface area contributed by atoms with Gasteiger partial charge in [0, 0.05) is 14.2 Å². The van der Waals surface area contributed by atoms with Crippen LogP contribution in [-0.2, 0) is 4.74 Å². The predicted molar refractivity (Wildman–Crippen MR) is 78.0 cm³/mol. The second-order valence-electron chi connectivity index (χ2n) is 5.30. The van der Waals surface area contributed by atoms with Gasteiger partial charge in [0.25, 0.3) is 5.91 Å². The van der Waals surface area contributed by atoms with E-state index in [-0.39, 0.29) is 18.1 Å². The van der Waals surface area contributed by atoms with Crippen LogP contribution >= 0.6 is 11.3 Å². The van der Waals surface area contributed by atoms with E-state index in [2.05, 4.69) is 4.98 Å². The molecule has 1 saturated carbocycles. The zero-order chi connectivity index (χ0) is 14.7. The molecule has 0 saturated heterocycles. The number of ether oxygens (including phenoxy) is 1. The van der Waals surface area contributed by atoms with Crippen molar-refractivity contribution in [3.8, 4) is 0 Å². The topological polar surface area (TPSA) is 62.7 Å². The van der Waals surface area contributed by atoms with Crippen molar-refractivity contribution in [1.82, 2.24) is 9.88 Å². The summed E-state index contributed by atoms with van der Waals surface area (Å²) in [7, 11) is 3.37. The van der Waals surface area contributed by atoms with Crippen LogP contribution in [0.5, 0.6) is 0 Å². The maximum Gasteiger partial charge on any atom is 0.265 e. The standard InChI is InChI=1S/C14H22N2O3S/c1-9-13(20-8-15-9)14(18)16(2)10-6-4-5-7-11(19-3)12(10)17/h8,10-12,17H,4-7H2,1-3H3/t10-,11-,12-/m1/s1. The first-order valence-corrected chi connectivity index (χ1v) is 7.82. The molecule has 3 atom stereocenters. The van der Waals surface area contributed by atoms with Crippen molar-refractivity contribution >= 4 is 17.2 Å². The molecule has 0 radical (unpaired) electrons. The van der Waals surface area contributed by atoms with Gasteiger partial charge in [0.15, 0.2) is 0 Å². The molecule has 0 aromatic carbocycles. The Morgan fingerprint density at radius 2 is 2.20 bits per heavy atom. The van der Waals surface area contributed by atoms with Gasteiger partial charge in [-0.15, -0.1) is 11.3 Å². The number of aliphatic hydroxyl groups is 1. The average molecular weight is 298 g/mol. The van der Waals surface area contributed by atoms with Crippen molar-refractivity contribution in [1.29, 1.82) is 0 Å². The van der Waals surface area contributed by atoms with Gasteiger partial charge in [-0.05, 0) is 19.8 Å². The summed E-state index contributed by atoms with van der Waals surface area (Å²) < 4.78 is 5.36. The summed E-state index contributed by atoms with van der Waals surface area (Å²) in [5, 5.41) is 10.5. The highest BCUT2D eigenvalue weighted by Gasteiger charge is 2.35. The molecule has 1 heterocycles. The SMILES string of the molecule is CO[C@@H]1CCCC[C@@H](N(C)C(=O)c2scnc2C)[C@H]1O. The summed E-state index contributed by atoms with van der Waals surface area (Å²) in [6.45, 7) is 1.83. The van der Waals surface area contributed by atoms with Crippen LogP contribution in [-0.4, -0.2) is 53.3 Å². The van der Waals surface area contributed by atoms with Gasteiger partial charge in [-0.1, -0.05) is 12.8 Å². The molecule has 1 aliphatic rings. The minimum atomic E-state index is -0.635. The molecule has 0 spiro atoms. The number of thiazole rings is 1. The number of likely N-dealkylation sites (N-methyl/N-ethyl adjacent to an activating group) is 1. The Hall–Kier alpha value is -0.980. The fraction of sp³-hybridized carbons (Fsp3) is 0.714. The molecule has 0 unspecified atom stereocenters. The minimum Gasteiger partial charge on any atom is -0.388 e. The Kier molecular flexibility index (Phi) is 5.12. The van der Waals surface area contributed by atoms with Gasteiger partial charge >= 0.3 is 0 Å². The van der Waals surface area contributed by atoms with Crippen LogP contribution in [0.3, 0.4) is 0 Å². The Morgan fingerprint density at radius 3 is 2.80 bits per heavy atom. The molecule has 0 aliphatic heterocycles. The Morgan fingerprint density at radius 1 is 1.50 bits per heavy atom. The lowest BCUT2D eigenvalue weighted by molar-refractivity contribution is -0.0462. The van der Waals surface area contributed by atoms with Gasteiger partial charge in [-0.2, -0.15) is 0 Å². The van der Waals surface area contributed by atoms with Crippen molar-refractivity contribution in [2.24, 2.45) is 0 Å². The third-order valence-corrected chi connectivity index (χ3v) is 4.99. The molecule has 112 valence electrons. The average Bonchev–Trinajstić information content (AvgIpc) is 2.77. The lowest BCUT2D eigenvalue weighted by atomic mass is 10.0. The van der Waals surface area contributed by atoms with E-state index in [4.69, 9.17) is 4.74 Å². The number of methoxy groups -OCH3 is 1. The van der Waals surface area contributed by atoms with E-state index < -0.39 is 6.10 Å². The molecule has 1 N–H and O–H groups in total.